The van der Waals surface area contributed by atoms with E-state index in [1.807, 2.05) is 24.5 Å². The number of hydrogen-bond acceptors (Lipinski definition) is 2. The van der Waals surface area contributed by atoms with Crippen LogP contribution in [0.2, 0.25) is 0 Å². The monoisotopic (exact) mass is 249 g/mol. The number of aliphatic carboxylic acids is 1. The van der Waals surface area contributed by atoms with Gasteiger partial charge < -0.3 is 25.2 Å². The van der Waals surface area contributed by atoms with Gasteiger partial charge in [-0.15, -0.1) is 0 Å². The number of quaternary nitrogens is 1. The molecule has 1 aromatic rings. The summed E-state index contributed by atoms with van der Waals surface area (Å²) in [7, 11) is 6.16. The molecule has 0 aliphatic heterocycles. The Bertz CT molecular complexity index is 221. The van der Waals surface area contributed by atoms with Crippen molar-refractivity contribution >= 4 is 5.97 Å². The van der Waals surface area contributed by atoms with Gasteiger partial charge in [-0.05, 0) is 12.1 Å². The molecule has 0 amide bonds. The Kier molecular flexibility index (Phi) is 15.7. The fraction of sp³-hybridized carbons (Fsp3) is 0.545. The van der Waals surface area contributed by atoms with Gasteiger partial charge in [-0.2, -0.15) is 0 Å². The number of hydrogen-bond donors (Lipinski definition) is 3. The highest BCUT2D eigenvalue weighted by atomic mass is 16.4. The molecule has 1 rings (SSSR count). The molecule has 0 bridgehead atoms. The van der Waals surface area contributed by atoms with E-state index in [0.29, 0.717) is 0 Å². The normalized spacial score (nSPS) is 8.76. The summed E-state index contributed by atoms with van der Waals surface area (Å²) in [6.07, 6.45) is 3.75. The number of aliphatic hydroxyl groups is 1. The molecule has 1 aromatic heterocycles. The first kappa shape index (κ1) is 21.0. The maximum absolute atomic E-state index is 9.00. The molecule has 6 heteroatoms. The molecule has 0 unspecified atom stereocenters. The second-order valence-corrected chi connectivity index (χ2v) is 4.14. The first-order valence-corrected chi connectivity index (χ1v) is 4.98. The van der Waals surface area contributed by atoms with Crippen molar-refractivity contribution in [3.05, 3.63) is 24.5 Å². The van der Waals surface area contributed by atoms with Crippen molar-refractivity contribution in [1.29, 1.82) is 0 Å². The average molecular weight is 249 g/mol. The van der Waals surface area contributed by atoms with E-state index in [1.165, 1.54) is 0 Å². The lowest BCUT2D eigenvalue weighted by Crippen LogP contribution is -2.36. The molecule has 0 atom stereocenters. The number of H-pyrrole nitrogens is 1. The molecular formula is C11H25N2O4+. The predicted molar refractivity (Wildman–Crippen MR) is 67.7 cm³/mol. The smallest absolute Gasteiger partial charge is 0.300 e. The van der Waals surface area contributed by atoms with Gasteiger partial charge in [0.25, 0.3) is 5.97 Å². The number of carboxylic acid groups (broad SMARTS) is 1. The minimum Gasteiger partial charge on any atom is -0.481 e. The number of aromatic amines is 1. The third kappa shape index (κ3) is 40.1. The molecule has 0 spiro atoms. The number of carbonyl (C=O) groups is 1. The molecular weight excluding hydrogens is 224 g/mol. The van der Waals surface area contributed by atoms with Crippen molar-refractivity contribution < 1.29 is 25.0 Å². The van der Waals surface area contributed by atoms with Gasteiger partial charge in [0.15, 0.2) is 0 Å². The largest absolute Gasteiger partial charge is 0.481 e. The summed E-state index contributed by atoms with van der Waals surface area (Å²) >= 11 is 0. The zero-order valence-corrected chi connectivity index (χ0v) is 11.0. The van der Waals surface area contributed by atoms with Crippen LogP contribution in [0.5, 0.6) is 0 Å². The van der Waals surface area contributed by atoms with Crippen LogP contribution < -0.4 is 0 Å². The van der Waals surface area contributed by atoms with Crippen molar-refractivity contribution in [3.8, 4) is 0 Å². The Morgan fingerprint density at radius 3 is 1.65 bits per heavy atom. The van der Waals surface area contributed by atoms with E-state index in [2.05, 4.69) is 26.1 Å². The molecule has 6 nitrogen and oxygen atoms in total. The number of aromatic nitrogens is 1. The van der Waals surface area contributed by atoms with Crippen molar-refractivity contribution in [2.24, 2.45) is 0 Å². The highest BCUT2D eigenvalue weighted by molar-refractivity contribution is 5.62. The van der Waals surface area contributed by atoms with Gasteiger partial charge in [0.05, 0.1) is 27.7 Å². The first-order valence-electron chi connectivity index (χ1n) is 4.98. The third-order valence-electron chi connectivity index (χ3n) is 1.27. The summed E-state index contributed by atoms with van der Waals surface area (Å²) in [6, 6.07) is 3.89. The van der Waals surface area contributed by atoms with Crippen molar-refractivity contribution in [2.45, 2.75) is 6.92 Å². The van der Waals surface area contributed by atoms with Crippen LogP contribution in [-0.2, 0) is 4.79 Å². The fourth-order valence-corrected chi connectivity index (χ4v) is 0.578. The quantitative estimate of drug-likeness (QED) is 0.641. The second-order valence-electron chi connectivity index (χ2n) is 4.14. The maximum Gasteiger partial charge on any atom is 0.300 e. The zero-order chi connectivity index (χ0) is 13.0. The van der Waals surface area contributed by atoms with Crippen LogP contribution in [0.1, 0.15) is 6.92 Å². The summed E-state index contributed by atoms with van der Waals surface area (Å²) in [5, 5.41) is 15.8. The van der Waals surface area contributed by atoms with E-state index in [-0.39, 0.29) is 12.1 Å². The zero-order valence-electron chi connectivity index (χ0n) is 11.0. The topological polar surface area (TPSA) is 105 Å². The lowest BCUT2D eigenvalue weighted by Gasteiger charge is -2.21. The Morgan fingerprint density at radius 2 is 1.59 bits per heavy atom. The van der Waals surface area contributed by atoms with Gasteiger partial charge in [-0.1, -0.05) is 0 Å². The van der Waals surface area contributed by atoms with Gasteiger partial charge in [-0.25, -0.2) is 0 Å². The first-order chi connectivity index (χ1) is 7.29. The number of rotatable bonds is 2. The van der Waals surface area contributed by atoms with Crippen molar-refractivity contribution in [1.82, 2.24) is 4.98 Å². The van der Waals surface area contributed by atoms with E-state index in [4.69, 9.17) is 15.0 Å². The Labute approximate surface area is 102 Å². The molecule has 0 aromatic carbocycles. The van der Waals surface area contributed by atoms with E-state index in [9.17, 15) is 0 Å². The molecule has 0 fully saturated rings. The van der Waals surface area contributed by atoms with E-state index < -0.39 is 5.97 Å². The van der Waals surface area contributed by atoms with Gasteiger partial charge >= 0.3 is 0 Å². The van der Waals surface area contributed by atoms with Gasteiger partial charge in [0, 0.05) is 19.3 Å². The standard InChI is InChI=1S/C5H14NO.C4H5N.C2H4O2.H2O/c1-6(2,3)4-5-7;1-2-4-5-3-1;1-2(3)4;/h7H,4-5H2,1-3H3;1-5H;1H3,(H,3,4);1H2/q+1;;;. The molecule has 5 N–H and O–H groups in total. The maximum atomic E-state index is 9.00. The fourth-order valence-electron chi connectivity index (χ4n) is 0.578. The van der Waals surface area contributed by atoms with Gasteiger partial charge in [0.1, 0.15) is 6.54 Å². The molecule has 0 saturated carbocycles. The summed E-state index contributed by atoms with van der Waals surface area (Å²) in [5.74, 6) is -0.833. The average Bonchev–Trinajstić information content (AvgIpc) is 2.55. The van der Waals surface area contributed by atoms with Crippen molar-refractivity contribution in [2.75, 3.05) is 34.3 Å². The number of aliphatic hydroxyl groups excluding tert-OH is 1. The summed E-state index contributed by atoms with van der Waals surface area (Å²) in [5.41, 5.74) is 0. The number of likely N-dealkylation sites (N-methyl/N-ethyl adjacent to an activating group) is 1. The van der Waals surface area contributed by atoms with Crippen LogP contribution in [-0.4, -0.2) is 65.4 Å². The highest BCUT2D eigenvalue weighted by Gasteiger charge is 2.02. The van der Waals surface area contributed by atoms with Gasteiger partial charge in [0.2, 0.25) is 0 Å². The van der Waals surface area contributed by atoms with Crippen LogP contribution in [0, 0.1) is 0 Å². The second kappa shape index (κ2) is 12.7. The summed E-state index contributed by atoms with van der Waals surface area (Å²) in [4.78, 5) is 11.9. The number of carboxylic acids is 1. The molecule has 102 valence electrons. The lowest BCUT2D eigenvalue weighted by atomic mass is 10.5. The van der Waals surface area contributed by atoms with Crippen LogP contribution in [0.25, 0.3) is 0 Å². The van der Waals surface area contributed by atoms with Crippen LogP contribution in [0.3, 0.4) is 0 Å². The van der Waals surface area contributed by atoms with Crippen LogP contribution >= 0.6 is 0 Å². The van der Waals surface area contributed by atoms with Crippen LogP contribution in [0.4, 0.5) is 0 Å². The number of nitrogens with one attached hydrogen (secondary N) is 1. The van der Waals surface area contributed by atoms with E-state index in [1.54, 1.807) is 0 Å². The Balaban J connectivity index is -0.000000175. The molecule has 0 saturated heterocycles. The third-order valence-corrected chi connectivity index (χ3v) is 1.27. The Morgan fingerprint density at radius 1 is 1.24 bits per heavy atom. The van der Waals surface area contributed by atoms with E-state index in [0.717, 1.165) is 18.0 Å². The molecule has 0 aliphatic carbocycles. The lowest BCUT2D eigenvalue weighted by molar-refractivity contribution is -0.870. The minimum absolute atomic E-state index is 0. The van der Waals surface area contributed by atoms with E-state index >= 15 is 0 Å². The predicted octanol–water partition coefficient (Wildman–Crippen LogP) is -0.0342. The molecule has 0 aliphatic rings. The van der Waals surface area contributed by atoms with Gasteiger partial charge in [-0.3, -0.25) is 4.79 Å². The van der Waals surface area contributed by atoms with Crippen molar-refractivity contribution in [3.63, 3.8) is 0 Å². The highest BCUT2D eigenvalue weighted by Crippen LogP contribution is 1.84. The Hall–Kier alpha value is -1.37. The molecule has 0 radical (unpaired) electrons. The SMILES string of the molecule is CC(=O)O.C[N+](C)(C)CCO.O.c1cc[nH]c1. The van der Waals surface area contributed by atoms with Crippen LogP contribution in [0.15, 0.2) is 24.5 Å². The summed E-state index contributed by atoms with van der Waals surface area (Å²) in [6.45, 7) is 2.20. The summed E-state index contributed by atoms with van der Waals surface area (Å²) < 4.78 is 0.844. The molecule has 17 heavy (non-hydrogen) atoms. The number of nitrogens with zero attached hydrogens (tertiary/aromatic N) is 1. The minimum atomic E-state index is -0.833. The molecule has 1 heterocycles.